The summed E-state index contributed by atoms with van der Waals surface area (Å²) in [5, 5.41) is 14.4. The molecule has 0 unspecified atom stereocenters. The minimum absolute atomic E-state index is 0.0695. The maximum atomic E-state index is 12.8. The lowest BCUT2D eigenvalue weighted by atomic mass is 10.0. The SMILES string of the molecule is COc1ccc(/C=C(\NC(=O)c2ccc(Br)cc2)C(=O)N[C@@H](C(=O)O)C(C)C)cc1. The van der Waals surface area contributed by atoms with Crippen LogP contribution in [0.25, 0.3) is 6.08 Å². The fourth-order valence-corrected chi connectivity index (χ4v) is 2.82. The number of benzene rings is 2. The third-order valence-electron chi connectivity index (χ3n) is 4.25. The molecule has 0 radical (unpaired) electrons. The van der Waals surface area contributed by atoms with Crippen molar-refractivity contribution in [3.63, 3.8) is 0 Å². The van der Waals surface area contributed by atoms with Crippen LogP contribution in [0.1, 0.15) is 29.8 Å². The molecule has 0 fully saturated rings. The van der Waals surface area contributed by atoms with Gasteiger partial charge in [0.2, 0.25) is 0 Å². The van der Waals surface area contributed by atoms with Crippen LogP contribution in [0.15, 0.2) is 58.7 Å². The van der Waals surface area contributed by atoms with Crippen LogP contribution in [0.4, 0.5) is 0 Å². The molecule has 2 aromatic carbocycles. The number of hydrogen-bond donors (Lipinski definition) is 3. The molecule has 158 valence electrons. The molecule has 1 atom stereocenters. The molecule has 7 nitrogen and oxygen atoms in total. The number of halogens is 1. The van der Waals surface area contributed by atoms with Crippen LogP contribution in [0.3, 0.4) is 0 Å². The number of carboxylic acids is 1. The van der Waals surface area contributed by atoms with E-state index in [-0.39, 0.29) is 11.6 Å². The van der Waals surface area contributed by atoms with Gasteiger partial charge in [0, 0.05) is 10.0 Å². The van der Waals surface area contributed by atoms with Gasteiger partial charge >= 0.3 is 5.97 Å². The van der Waals surface area contributed by atoms with Crippen molar-refractivity contribution in [3.05, 3.63) is 69.8 Å². The van der Waals surface area contributed by atoms with Gasteiger partial charge in [0.1, 0.15) is 17.5 Å². The fraction of sp³-hybridized carbons (Fsp3) is 0.227. The van der Waals surface area contributed by atoms with E-state index in [1.807, 2.05) is 0 Å². The van der Waals surface area contributed by atoms with E-state index in [1.165, 1.54) is 6.08 Å². The zero-order chi connectivity index (χ0) is 22.3. The van der Waals surface area contributed by atoms with Crippen molar-refractivity contribution in [2.75, 3.05) is 7.11 Å². The Hall–Kier alpha value is -3.13. The molecular formula is C22H23BrN2O5. The van der Waals surface area contributed by atoms with Gasteiger partial charge in [0.15, 0.2) is 0 Å². The summed E-state index contributed by atoms with van der Waals surface area (Å²) in [7, 11) is 1.54. The van der Waals surface area contributed by atoms with Crippen LogP contribution in [0.5, 0.6) is 5.75 Å². The van der Waals surface area contributed by atoms with Gasteiger partial charge in [0.05, 0.1) is 7.11 Å². The Morgan fingerprint density at radius 3 is 2.13 bits per heavy atom. The van der Waals surface area contributed by atoms with E-state index in [9.17, 15) is 19.5 Å². The van der Waals surface area contributed by atoms with Crippen molar-refractivity contribution in [2.45, 2.75) is 19.9 Å². The van der Waals surface area contributed by atoms with Crippen molar-refractivity contribution < 1.29 is 24.2 Å². The third kappa shape index (κ3) is 6.45. The Morgan fingerprint density at radius 2 is 1.63 bits per heavy atom. The van der Waals surface area contributed by atoms with Crippen molar-refractivity contribution in [1.82, 2.24) is 10.6 Å². The number of ether oxygens (including phenoxy) is 1. The second-order valence-electron chi connectivity index (χ2n) is 6.83. The van der Waals surface area contributed by atoms with Gasteiger partial charge in [-0.1, -0.05) is 41.9 Å². The molecule has 0 bridgehead atoms. The predicted octanol–water partition coefficient (Wildman–Crippen LogP) is 3.45. The Labute approximate surface area is 183 Å². The summed E-state index contributed by atoms with van der Waals surface area (Å²) >= 11 is 3.31. The van der Waals surface area contributed by atoms with Gasteiger partial charge < -0.3 is 20.5 Å². The van der Waals surface area contributed by atoms with E-state index in [4.69, 9.17) is 4.74 Å². The Balaban J connectivity index is 2.33. The van der Waals surface area contributed by atoms with Gasteiger partial charge in [-0.05, 0) is 54.0 Å². The van der Waals surface area contributed by atoms with E-state index in [0.717, 1.165) is 4.47 Å². The van der Waals surface area contributed by atoms with Crippen LogP contribution in [0, 0.1) is 5.92 Å². The van der Waals surface area contributed by atoms with Crippen molar-refractivity contribution >= 4 is 39.8 Å². The number of carbonyl (C=O) groups is 3. The maximum Gasteiger partial charge on any atom is 0.326 e. The molecule has 0 heterocycles. The van der Waals surface area contributed by atoms with Crippen LogP contribution in [-0.2, 0) is 9.59 Å². The summed E-state index contributed by atoms with van der Waals surface area (Å²) in [6, 6.07) is 12.4. The summed E-state index contributed by atoms with van der Waals surface area (Å²) in [6.45, 7) is 3.37. The quantitative estimate of drug-likeness (QED) is 0.508. The first-order valence-electron chi connectivity index (χ1n) is 9.17. The fourth-order valence-electron chi connectivity index (χ4n) is 2.55. The highest BCUT2D eigenvalue weighted by atomic mass is 79.9. The van der Waals surface area contributed by atoms with Gasteiger partial charge in [0.25, 0.3) is 11.8 Å². The molecule has 2 amide bonds. The molecule has 0 aromatic heterocycles. The number of amides is 2. The monoisotopic (exact) mass is 474 g/mol. The molecule has 0 saturated heterocycles. The van der Waals surface area contributed by atoms with Gasteiger partial charge in [-0.25, -0.2) is 4.79 Å². The van der Waals surface area contributed by atoms with E-state index in [2.05, 4.69) is 26.6 Å². The minimum Gasteiger partial charge on any atom is -0.497 e. The second-order valence-corrected chi connectivity index (χ2v) is 7.74. The molecule has 2 rings (SSSR count). The standard InChI is InChI=1S/C22H23BrN2O5/c1-13(2)19(22(28)29)25-21(27)18(12-14-4-10-17(30-3)11-5-14)24-20(26)15-6-8-16(23)9-7-15/h4-13,19H,1-3H3,(H,24,26)(H,25,27)(H,28,29)/b18-12-/t19-/m1/s1. The van der Waals surface area contributed by atoms with E-state index in [1.54, 1.807) is 69.5 Å². The van der Waals surface area contributed by atoms with E-state index >= 15 is 0 Å². The number of nitrogens with one attached hydrogen (secondary N) is 2. The zero-order valence-corrected chi connectivity index (χ0v) is 18.4. The smallest absolute Gasteiger partial charge is 0.326 e. The molecule has 0 spiro atoms. The first-order chi connectivity index (χ1) is 14.2. The summed E-state index contributed by atoms with van der Waals surface area (Å²) in [6.07, 6.45) is 1.48. The minimum atomic E-state index is -1.15. The maximum absolute atomic E-state index is 12.8. The number of rotatable bonds is 8. The summed E-state index contributed by atoms with van der Waals surface area (Å²) in [4.78, 5) is 36.9. The Kier molecular flexibility index (Phi) is 8.17. The average Bonchev–Trinajstić information content (AvgIpc) is 2.71. The van der Waals surface area contributed by atoms with Crippen molar-refractivity contribution in [2.24, 2.45) is 5.92 Å². The van der Waals surface area contributed by atoms with Crippen LogP contribution in [-0.4, -0.2) is 36.0 Å². The molecule has 8 heteroatoms. The highest BCUT2D eigenvalue weighted by Gasteiger charge is 2.25. The highest BCUT2D eigenvalue weighted by molar-refractivity contribution is 9.10. The molecule has 0 aliphatic rings. The van der Waals surface area contributed by atoms with Crippen LogP contribution >= 0.6 is 15.9 Å². The molecular weight excluding hydrogens is 452 g/mol. The summed E-state index contributed by atoms with van der Waals surface area (Å²) in [5.74, 6) is -2.04. The second kappa shape index (κ2) is 10.6. The summed E-state index contributed by atoms with van der Waals surface area (Å²) < 4.78 is 5.93. The first-order valence-corrected chi connectivity index (χ1v) is 9.97. The topological polar surface area (TPSA) is 105 Å². The third-order valence-corrected chi connectivity index (χ3v) is 4.77. The zero-order valence-electron chi connectivity index (χ0n) is 16.8. The summed E-state index contributed by atoms with van der Waals surface area (Å²) in [5.41, 5.74) is 0.915. The van der Waals surface area contributed by atoms with Gasteiger partial charge in [-0.15, -0.1) is 0 Å². The van der Waals surface area contributed by atoms with Gasteiger partial charge in [-0.2, -0.15) is 0 Å². The lowest BCUT2D eigenvalue weighted by Gasteiger charge is -2.19. The number of aliphatic carboxylic acids is 1. The molecule has 0 aliphatic heterocycles. The molecule has 3 N–H and O–H groups in total. The molecule has 0 saturated carbocycles. The largest absolute Gasteiger partial charge is 0.497 e. The molecule has 30 heavy (non-hydrogen) atoms. The average molecular weight is 475 g/mol. The number of carboxylic acid groups (broad SMARTS) is 1. The van der Waals surface area contributed by atoms with Gasteiger partial charge in [-0.3, -0.25) is 9.59 Å². The Bertz CT molecular complexity index is 937. The van der Waals surface area contributed by atoms with Crippen LogP contribution in [0.2, 0.25) is 0 Å². The van der Waals surface area contributed by atoms with E-state index in [0.29, 0.717) is 16.9 Å². The number of hydrogen-bond acceptors (Lipinski definition) is 4. The molecule has 2 aromatic rings. The van der Waals surface area contributed by atoms with Crippen molar-refractivity contribution in [1.29, 1.82) is 0 Å². The number of methoxy groups -OCH3 is 1. The van der Waals surface area contributed by atoms with Crippen LogP contribution < -0.4 is 15.4 Å². The lowest BCUT2D eigenvalue weighted by molar-refractivity contribution is -0.142. The molecule has 0 aliphatic carbocycles. The van der Waals surface area contributed by atoms with E-state index < -0.39 is 23.8 Å². The normalized spacial score (nSPS) is 12.2. The number of carbonyl (C=O) groups excluding carboxylic acids is 2. The first kappa shape index (κ1) is 23.2. The highest BCUT2D eigenvalue weighted by Crippen LogP contribution is 2.15. The predicted molar refractivity (Wildman–Crippen MR) is 117 cm³/mol. The Morgan fingerprint density at radius 1 is 1.03 bits per heavy atom. The van der Waals surface area contributed by atoms with Crippen molar-refractivity contribution in [3.8, 4) is 5.75 Å². The lowest BCUT2D eigenvalue weighted by Crippen LogP contribution is -2.47.